The highest BCUT2D eigenvalue weighted by Gasteiger charge is 2.28. The Morgan fingerprint density at radius 2 is 2.06 bits per heavy atom. The number of hydrogen-bond acceptors (Lipinski definition) is 1. The predicted molar refractivity (Wildman–Crippen MR) is 78.3 cm³/mol. The molecule has 1 N–H and O–H groups in total. The third-order valence-corrected chi connectivity index (χ3v) is 4.74. The van der Waals surface area contributed by atoms with E-state index in [4.69, 9.17) is 0 Å². The largest absolute Gasteiger partial charge is 0.377 e. The third-order valence-electron chi connectivity index (χ3n) is 4.25. The van der Waals surface area contributed by atoms with Crippen molar-refractivity contribution >= 4 is 32.4 Å². The SMILES string of the molecule is Brc1ccc2[nH]cc(C3=CN4CCC3CC4)c2c1. The molecule has 1 aromatic heterocycles. The van der Waals surface area contributed by atoms with Crippen LogP contribution in [0.5, 0.6) is 0 Å². The van der Waals surface area contributed by atoms with Crippen molar-refractivity contribution < 1.29 is 0 Å². The van der Waals surface area contributed by atoms with E-state index in [0.29, 0.717) is 0 Å². The van der Waals surface area contributed by atoms with Crippen LogP contribution >= 0.6 is 15.9 Å². The second kappa shape index (κ2) is 3.89. The highest BCUT2D eigenvalue weighted by Crippen LogP contribution is 2.40. The molecule has 1 saturated heterocycles. The first-order chi connectivity index (χ1) is 8.81. The maximum absolute atomic E-state index is 3.57. The minimum atomic E-state index is 0.757. The maximum Gasteiger partial charge on any atom is 0.0461 e. The van der Waals surface area contributed by atoms with Crippen molar-refractivity contribution in [3.05, 3.63) is 40.6 Å². The highest BCUT2D eigenvalue weighted by molar-refractivity contribution is 9.10. The van der Waals surface area contributed by atoms with Crippen molar-refractivity contribution in [1.29, 1.82) is 0 Å². The van der Waals surface area contributed by atoms with Crippen molar-refractivity contribution in [2.45, 2.75) is 12.8 Å². The van der Waals surface area contributed by atoms with E-state index in [1.165, 1.54) is 48.0 Å². The zero-order chi connectivity index (χ0) is 12.1. The van der Waals surface area contributed by atoms with Gasteiger partial charge in [0.1, 0.15) is 0 Å². The Balaban J connectivity index is 1.90. The fourth-order valence-corrected chi connectivity index (χ4v) is 3.62. The number of fused-ring (bicyclic) bond motifs is 3. The number of halogens is 1. The molecular formula is C15H15BrN2. The monoisotopic (exact) mass is 302 g/mol. The lowest BCUT2D eigenvalue weighted by Gasteiger charge is -2.39. The highest BCUT2D eigenvalue weighted by atomic mass is 79.9. The molecule has 4 heterocycles. The van der Waals surface area contributed by atoms with Gasteiger partial charge in [0, 0.05) is 46.4 Å². The summed E-state index contributed by atoms with van der Waals surface area (Å²) in [6.45, 7) is 2.47. The lowest BCUT2D eigenvalue weighted by atomic mass is 9.82. The Morgan fingerprint density at radius 3 is 2.78 bits per heavy atom. The molecule has 2 aromatic rings. The molecule has 0 amide bonds. The van der Waals surface area contributed by atoms with E-state index in [9.17, 15) is 0 Å². The summed E-state index contributed by atoms with van der Waals surface area (Å²) in [5.74, 6) is 0.757. The summed E-state index contributed by atoms with van der Waals surface area (Å²) < 4.78 is 1.15. The van der Waals surface area contributed by atoms with Crippen LogP contribution in [0, 0.1) is 5.92 Å². The zero-order valence-electron chi connectivity index (χ0n) is 10.1. The van der Waals surface area contributed by atoms with Crippen molar-refractivity contribution in [1.82, 2.24) is 9.88 Å². The molecule has 0 saturated carbocycles. The molecule has 0 atom stereocenters. The first-order valence-corrected chi connectivity index (χ1v) is 7.33. The summed E-state index contributed by atoms with van der Waals surface area (Å²) in [5.41, 5.74) is 4.14. The summed E-state index contributed by atoms with van der Waals surface area (Å²) in [6, 6.07) is 6.46. The maximum atomic E-state index is 3.57. The van der Waals surface area contributed by atoms with Crippen molar-refractivity contribution in [3.8, 4) is 0 Å². The minimum Gasteiger partial charge on any atom is -0.377 e. The summed E-state index contributed by atoms with van der Waals surface area (Å²) in [4.78, 5) is 5.86. The fraction of sp³-hybridized carbons (Fsp3) is 0.333. The number of allylic oxidation sites excluding steroid dienone is 1. The molecule has 5 rings (SSSR count). The number of nitrogens with one attached hydrogen (secondary N) is 1. The number of aromatic nitrogens is 1. The first kappa shape index (κ1) is 10.7. The average Bonchev–Trinajstić information content (AvgIpc) is 2.83. The topological polar surface area (TPSA) is 19.0 Å². The Morgan fingerprint density at radius 1 is 1.22 bits per heavy atom. The van der Waals surface area contributed by atoms with Gasteiger partial charge in [-0.3, -0.25) is 0 Å². The molecule has 2 bridgehead atoms. The molecule has 2 nitrogen and oxygen atoms in total. The Labute approximate surface area is 115 Å². The number of piperidine rings is 1. The average molecular weight is 303 g/mol. The predicted octanol–water partition coefficient (Wildman–Crippen LogP) is 4.00. The van der Waals surface area contributed by atoms with Gasteiger partial charge in [0.25, 0.3) is 0 Å². The van der Waals surface area contributed by atoms with Crippen molar-refractivity contribution in [3.63, 3.8) is 0 Å². The van der Waals surface area contributed by atoms with Gasteiger partial charge in [0.2, 0.25) is 0 Å². The molecule has 92 valence electrons. The lowest BCUT2D eigenvalue weighted by molar-refractivity contribution is 0.252. The molecule has 0 aliphatic carbocycles. The van der Waals surface area contributed by atoms with Gasteiger partial charge in [-0.15, -0.1) is 0 Å². The normalized spacial score (nSPS) is 19.6. The first-order valence-electron chi connectivity index (χ1n) is 6.54. The number of aromatic amines is 1. The molecule has 0 spiro atoms. The molecule has 0 unspecified atom stereocenters. The van der Waals surface area contributed by atoms with Gasteiger partial charge >= 0.3 is 0 Å². The van der Waals surface area contributed by atoms with Crippen LogP contribution in [0.4, 0.5) is 0 Å². The number of nitrogens with zero attached hydrogens (tertiary/aromatic N) is 1. The number of rotatable bonds is 1. The van der Waals surface area contributed by atoms with Gasteiger partial charge in [0.15, 0.2) is 0 Å². The summed E-state index contributed by atoms with van der Waals surface area (Å²) in [5, 5.41) is 1.34. The van der Waals surface area contributed by atoms with E-state index in [1.807, 2.05) is 0 Å². The van der Waals surface area contributed by atoms with Gasteiger partial charge in [0.05, 0.1) is 0 Å². The van der Waals surface area contributed by atoms with Gasteiger partial charge in [-0.2, -0.15) is 0 Å². The second-order valence-electron chi connectivity index (χ2n) is 5.29. The number of hydrogen-bond donors (Lipinski definition) is 1. The van der Waals surface area contributed by atoms with Crippen LogP contribution in [0.15, 0.2) is 35.1 Å². The smallest absolute Gasteiger partial charge is 0.0461 e. The third kappa shape index (κ3) is 1.53. The standard InChI is InChI=1S/C15H15BrN2/c16-11-1-2-15-12(7-11)13(8-17-15)14-9-18-5-3-10(14)4-6-18/h1-2,7-10,17H,3-6H2. The van der Waals surface area contributed by atoms with Crippen LogP contribution in [0.2, 0.25) is 0 Å². The number of H-pyrrole nitrogens is 1. The molecular weight excluding hydrogens is 288 g/mol. The molecule has 18 heavy (non-hydrogen) atoms. The Bertz CT molecular complexity index is 633. The van der Waals surface area contributed by atoms with E-state index in [2.05, 4.69) is 56.4 Å². The van der Waals surface area contributed by atoms with Crippen LogP contribution in [0.25, 0.3) is 16.5 Å². The van der Waals surface area contributed by atoms with E-state index < -0.39 is 0 Å². The molecule has 1 aromatic carbocycles. The van der Waals surface area contributed by atoms with Crippen molar-refractivity contribution in [2.75, 3.05) is 13.1 Å². The van der Waals surface area contributed by atoms with Crippen LogP contribution in [0.3, 0.4) is 0 Å². The van der Waals surface area contributed by atoms with Gasteiger partial charge in [-0.1, -0.05) is 15.9 Å². The number of benzene rings is 1. The van der Waals surface area contributed by atoms with Gasteiger partial charge in [-0.05, 0) is 42.5 Å². The fourth-order valence-electron chi connectivity index (χ4n) is 3.26. The van der Waals surface area contributed by atoms with E-state index in [0.717, 1.165) is 10.4 Å². The summed E-state index contributed by atoms with van der Waals surface area (Å²) >= 11 is 3.57. The van der Waals surface area contributed by atoms with E-state index in [-0.39, 0.29) is 0 Å². The summed E-state index contributed by atoms with van der Waals surface area (Å²) in [7, 11) is 0. The molecule has 1 fully saturated rings. The van der Waals surface area contributed by atoms with Crippen LogP contribution in [-0.2, 0) is 0 Å². The zero-order valence-corrected chi connectivity index (χ0v) is 11.7. The Hall–Kier alpha value is -1.22. The second-order valence-corrected chi connectivity index (χ2v) is 6.20. The summed E-state index contributed by atoms with van der Waals surface area (Å²) in [6.07, 6.45) is 7.17. The Kier molecular flexibility index (Phi) is 2.31. The van der Waals surface area contributed by atoms with E-state index in [1.54, 1.807) is 0 Å². The van der Waals surface area contributed by atoms with Gasteiger partial charge < -0.3 is 9.88 Å². The quantitative estimate of drug-likeness (QED) is 0.844. The molecule has 3 aliphatic rings. The van der Waals surface area contributed by atoms with Crippen molar-refractivity contribution in [2.24, 2.45) is 5.92 Å². The molecule has 3 aliphatic heterocycles. The van der Waals surface area contributed by atoms with Crippen LogP contribution in [-0.4, -0.2) is 23.0 Å². The molecule has 3 heteroatoms. The lowest BCUT2D eigenvalue weighted by Crippen LogP contribution is -2.35. The van der Waals surface area contributed by atoms with Crippen LogP contribution in [0.1, 0.15) is 18.4 Å². The van der Waals surface area contributed by atoms with E-state index >= 15 is 0 Å². The van der Waals surface area contributed by atoms with Gasteiger partial charge in [-0.25, -0.2) is 0 Å². The minimum absolute atomic E-state index is 0.757. The van der Waals surface area contributed by atoms with Crippen LogP contribution < -0.4 is 0 Å². The molecule has 0 radical (unpaired) electrons.